The summed E-state index contributed by atoms with van der Waals surface area (Å²) in [7, 11) is 0. The number of fused-ring (bicyclic) bond motifs is 1. The average molecular weight is 355 g/mol. The number of para-hydroxylation sites is 1. The summed E-state index contributed by atoms with van der Waals surface area (Å²) in [5.41, 5.74) is 1.44. The predicted octanol–water partition coefficient (Wildman–Crippen LogP) is 3.28. The van der Waals surface area contributed by atoms with E-state index in [2.05, 4.69) is 24.1 Å². The third kappa shape index (κ3) is 3.64. The summed E-state index contributed by atoms with van der Waals surface area (Å²) in [5, 5.41) is 5.57. The summed E-state index contributed by atoms with van der Waals surface area (Å²) in [6.07, 6.45) is 1.45. The molecule has 3 aromatic rings. The molecule has 2 aromatic heterocycles. The summed E-state index contributed by atoms with van der Waals surface area (Å²) in [6.45, 7) is 6.01. The Labute approximate surface area is 150 Å². The highest BCUT2D eigenvalue weighted by atomic mass is 32.1. The third-order valence-corrected chi connectivity index (χ3v) is 5.16. The fourth-order valence-corrected chi connectivity index (χ4v) is 3.81. The van der Waals surface area contributed by atoms with E-state index in [1.54, 1.807) is 17.4 Å². The maximum atomic E-state index is 12.6. The summed E-state index contributed by atoms with van der Waals surface area (Å²) >= 11 is 1.62. The van der Waals surface area contributed by atoms with Crippen molar-refractivity contribution in [1.82, 2.24) is 14.9 Å². The SMILES string of the molecule is Cc1cccc2c(=O)n(CC(=O)N[C@H](c3cccs3)C(C)C)cnc12. The maximum absolute atomic E-state index is 12.6. The van der Waals surface area contributed by atoms with Gasteiger partial charge in [0.2, 0.25) is 5.91 Å². The van der Waals surface area contributed by atoms with Crippen LogP contribution in [0.1, 0.15) is 30.3 Å². The number of amides is 1. The molecule has 2 heterocycles. The molecule has 1 atom stereocenters. The first-order chi connectivity index (χ1) is 12.0. The minimum absolute atomic E-state index is 0.0374. The number of hydrogen-bond acceptors (Lipinski definition) is 4. The molecule has 0 aliphatic heterocycles. The van der Waals surface area contributed by atoms with Crippen molar-refractivity contribution in [3.05, 3.63) is 62.8 Å². The van der Waals surface area contributed by atoms with Crippen molar-refractivity contribution in [3.63, 3.8) is 0 Å². The molecule has 6 heteroatoms. The highest BCUT2D eigenvalue weighted by Crippen LogP contribution is 2.25. The van der Waals surface area contributed by atoms with E-state index in [0.29, 0.717) is 10.9 Å². The van der Waals surface area contributed by atoms with Crippen LogP contribution in [0.15, 0.2) is 46.8 Å². The van der Waals surface area contributed by atoms with Gasteiger partial charge in [0.15, 0.2) is 0 Å². The summed E-state index contributed by atoms with van der Waals surface area (Å²) in [5.74, 6) is 0.0692. The van der Waals surface area contributed by atoms with E-state index in [1.807, 2.05) is 36.6 Å². The van der Waals surface area contributed by atoms with Crippen molar-refractivity contribution in [2.24, 2.45) is 5.92 Å². The number of carbonyl (C=O) groups is 1. The summed E-state index contributed by atoms with van der Waals surface area (Å²) < 4.78 is 1.36. The van der Waals surface area contributed by atoms with Gasteiger partial charge in [-0.25, -0.2) is 4.98 Å². The zero-order chi connectivity index (χ0) is 18.0. The van der Waals surface area contributed by atoms with Crippen LogP contribution in [0, 0.1) is 12.8 Å². The lowest BCUT2D eigenvalue weighted by Gasteiger charge is -2.21. The normalized spacial score (nSPS) is 12.5. The first-order valence-corrected chi connectivity index (χ1v) is 9.13. The van der Waals surface area contributed by atoms with Crippen molar-refractivity contribution in [2.45, 2.75) is 33.4 Å². The van der Waals surface area contributed by atoms with E-state index in [9.17, 15) is 9.59 Å². The molecule has 0 saturated heterocycles. The van der Waals surface area contributed by atoms with Gasteiger partial charge < -0.3 is 5.32 Å². The molecule has 0 unspecified atom stereocenters. The molecule has 1 aromatic carbocycles. The lowest BCUT2D eigenvalue weighted by Crippen LogP contribution is -2.36. The average Bonchev–Trinajstić information content (AvgIpc) is 3.10. The monoisotopic (exact) mass is 355 g/mol. The van der Waals surface area contributed by atoms with Crippen LogP contribution >= 0.6 is 11.3 Å². The van der Waals surface area contributed by atoms with E-state index in [0.717, 1.165) is 10.4 Å². The van der Waals surface area contributed by atoms with Gasteiger partial charge in [-0.1, -0.05) is 32.0 Å². The second-order valence-corrected chi connectivity index (χ2v) is 7.43. The van der Waals surface area contributed by atoms with Crippen LogP contribution in [0.5, 0.6) is 0 Å². The molecular formula is C19H21N3O2S. The predicted molar refractivity (Wildman–Crippen MR) is 101 cm³/mol. The van der Waals surface area contributed by atoms with Crippen LogP contribution in [0.25, 0.3) is 10.9 Å². The number of rotatable bonds is 5. The second-order valence-electron chi connectivity index (χ2n) is 6.45. The van der Waals surface area contributed by atoms with E-state index < -0.39 is 0 Å². The molecule has 0 fully saturated rings. The fourth-order valence-electron chi connectivity index (χ4n) is 2.86. The Morgan fingerprint density at radius 2 is 2.08 bits per heavy atom. The summed E-state index contributed by atoms with van der Waals surface area (Å²) in [6, 6.07) is 9.42. The van der Waals surface area contributed by atoms with Crippen molar-refractivity contribution in [3.8, 4) is 0 Å². The molecular weight excluding hydrogens is 334 g/mol. The van der Waals surface area contributed by atoms with Crippen LogP contribution in [0.3, 0.4) is 0 Å². The molecule has 25 heavy (non-hydrogen) atoms. The Morgan fingerprint density at radius 1 is 1.28 bits per heavy atom. The van der Waals surface area contributed by atoms with Crippen LogP contribution in [0.2, 0.25) is 0 Å². The number of thiophene rings is 1. The first kappa shape index (κ1) is 17.4. The van der Waals surface area contributed by atoms with E-state index >= 15 is 0 Å². The Morgan fingerprint density at radius 3 is 2.76 bits per heavy atom. The number of nitrogens with one attached hydrogen (secondary N) is 1. The third-order valence-electron chi connectivity index (χ3n) is 4.20. The minimum Gasteiger partial charge on any atom is -0.347 e. The quantitative estimate of drug-likeness (QED) is 0.764. The molecule has 3 rings (SSSR count). The van der Waals surface area contributed by atoms with Crippen molar-refractivity contribution in [1.29, 1.82) is 0 Å². The molecule has 0 bridgehead atoms. The van der Waals surface area contributed by atoms with E-state index in [4.69, 9.17) is 0 Å². The van der Waals surface area contributed by atoms with Gasteiger partial charge in [0, 0.05) is 4.88 Å². The standard InChI is InChI=1S/C19H21N3O2S/c1-12(2)17(15-8-5-9-25-15)21-16(23)10-22-11-20-18-13(3)6-4-7-14(18)19(22)24/h4-9,11-12,17H,10H2,1-3H3,(H,21,23)/t17-/m0/s1. The molecule has 0 aliphatic carbocycles. The highest BCUT2D eigenvalue weighted by molar-refractivity contribution is 7.10. The van der Waals surface area contributed by atoms with Gasteiger partial charge in [-0.3, -0.25) is 14.2 Å². The van der Waals surface area contributed by atoms with Crippen molar-refractivity contribution < 1.29 is 4.79 Å². The van der Waals surface area contributed by atoms with Crippen LogP contribution in [-0.2, 0) is 11.3 Å². The molecule has 5 nitrogen and oxygen atoms in total. The lowest BCUT2D eigenvalue weighted by atomic mass is 10.0. The Kier molecular flexibility index (Phi) is 4.99. The topological polar surface area (TPSA) is 64.0 Å². The Bertz CT molecular complexity index is 945. The number of carbonyl (C=O) groups excluding carboxylic acids is 1. The van der Waals surface area contributed by atoms with Crippen LogP contribution in [0.4, 0.5) is 0 Å². The number of nitrogens with zero attached hydrogens (tertiary/aromatic N) is 2. The van der Waals surface area contributed by atoms with Crippen molar-refractivity contribution >= 4 is 28.1 Å². The molecule has 1 N–H and O–H groups in total. The van der Waals surface area contributed by atoms with Gasteiger partial charge in [-0.15, -0.1) is 11.3 Å². The van der Waals surface area contributed by atoms with Gasteiger partial charge in [-0.2, -0.15) is 0 Å². The van der Waals surface area contributed by atoms with Gasteiger partial charge in [0.05, 0.1) is 23.3 Å². The molecule has 130 valence electrons. The second kappa shape index (κ2) is 7.19. The summed E-state index contributed by atoms with van der Waals surface area (Å²) in [4.78, 5) is 30.6. The number of benzene rings is 1. The molecule has 0 saturated carbocycles. The number of aryl methyl sites for hydroxylation is 1. The molecule has 0 radical (unpaired) electrons. The molecule has 0 spiro atoms. The van der Waals surface area contributed by atoms with Crippen LogP contribution in [-0.4, -0.2) is 15.5 Å². The largest absolute Gasteiger partial charge is 0.347 e. The lowest BCUT2D eigenvalue weighted by molar-refractivity contribution is -0.122. The minimum atomic E-state index is -0.193. The Hall–Kier alpha value is -2.47. The smallest absolute Gasteiger partial charge is 0.261 e. The Balaban J connectivity index is 1.82. The highest BCUT2D eigenvalue weighted by Gasteiger charge is 2.19. The zero-order valence-electron chi connectivity index (χ0n) is 14.5. The molecule has 1 amide bonds. The number of aromatic nitrogens is 2. The first-order valence-electron chi connectivity index (χ1n) is 8.25. The van der Waals surface area contributed by atoms with Crippen molar-refractivity contribution in [2.75, 3.05) is 0 Å². The van der Waals surface area contributed by atoms with E-state index in [-0.39, 0.29) is 30.0 Å². The van der Waals surface area contributed by atoms with Gasteiger partial charge >= 0.3 is 0 Å². The van der Waals surface area contributed by atoms with Gasteiger partial charge in [0.25, 0.3) is 5.56 Å². The number of hydrogen-bond donors (Lipinski definition) is 1. The maximum Gasteiger partial charge on any atom is 0.261 e. The molecule has 0 aliphatic rings. The van der Waals surface area contributed by atoms with Crippen LogP contribution < -0.4 is 10.9 Å². The van der Waals surface area contributed by atoms with Gasteiger partial charge in [0.1, 0.15) is 6.54 Å². The van der Waals surface area contributed by atoms with Gasteiger partial charge in [-0.05, 0) is 35.9 Å². The van der Waals surface area contributed by atoms with E-state index in [1.165, 1.54) is 10.9 Å². The zero-order valence-corrected chi connectivity index (χ0v) is 15.3. The fraction of sp³-hybridized carbons (Fsp3) is 0.316.